The number of para-hydroxylation sites is 1. The zero-order valence-electron chi connectivity index (χ0n) is 17.2. The molecule has 1 N–H and O–H groups in total. The van der Waals surface area contributed by atoms with E-state index in [-0.39, 0.29) is 23.0 Å². The first-order valence-electron chi connectivity index (χ1n) is 9.90. The fourth-order valence-corrected chi connectivity index (χ4v) is 3.61. The van der Waals surface area contributed by atoms with E-state index in [2.05, 4.69) is 10.1 Å². The molecule has 8 heteroatoms. The third-order valence-corrected chi connectivity index (χ3v) is 5.16. The van der Waals surface area contributed by atoms with Crippen molar-refractivity contribution in [1.29, 1.82) is 0 Å². The number of methoxy groups -OCH3 is 1. The lowest BCUT2D eigenvalue weighted by atomic mass is 10.1. The minimum absolute atomic E-state index is 0.0909. The van der Waals surface area contributed by atoms with Crippen molar-refractivity contribution >= 4 is 23.2 Å². The fraction of sp³-hybridized carbons (Fsp3) is 0.167. The molecule has 0 spiro atoms. The Morgan fingerprint density at radius 1 is 0.969 bits per heavy atom. The zero-order valence-corrected chi connectivity index (χ0v) is 17.2. The quantitative estimate of drug-likeness (QED) is 0.603. The number of carbonyl (C=O) groups is 2. The molecule has 3 aromatic carbocycles. The molecular weight excluding hydrogens is 418 g/mol. The number of carbonyl (C=O) groups excluding carboxylic acids is 2. The Labute approximate surface area is 183 Å². The van der Waals surface area contributed by atoms with Crippen LogP contribution in [0.5, 0.6) is 11.5 Å². The lowest BCUT2D eigenvalue weighted by Crippen LogP contribution is -2.28. The lowest BCUT2D eigenvalue weighted by molar-refractivity contribution is -0.0512. The van der Waals surface area contributed by atoms with Gasteiger partial charge in [-0.25, -0.2) is 0 Å². The number of benzene rings is 3. The molecule has 6 nitrogen and oxygen atoms in total. The van der Waals surface area contributed by atoms with E-state index in [0.717, 1.165) is 17.7 Å². The van der Waals surface area contributed by atoms with Gasteiger partial charge in [0.25, 0.3) is 11.8 Å². The highest BCUT2D eigenvalue weighted by atomic mass is 19.3. The van der Waals surface area contributed by atoms with Crippen molar-refractivity contribution in [3.05, 3.63) is 83.4 Å². The predicted octanol–water partition coefficient (Wildman–Crippen LogP) is 4.75. The van der Waals surface area contributed by atoms with Crippen molar-refractivity contribution in [1.82, 2.24) is 0 Å². The van der Waals surface area contributed by atoms with E-state index in [0.29, 0.717) is 17.8 Å². The van der Waals surface area contributed by atoms with Gasteiger partial charge in [0.1, 0.15) is 0 Å². The van der Waals surface area contributed by atoms with Crippen LogP contribution in [0.3, 0.4) is 0 Å². The van der Waals surface area contributed by atoms with Crippen LogP contribution in [0.2, 0.25) is 0 Å². The summed E-state index contributed by atoms with van der Waals surface area (Å²) in [5, 5.41) is 2.68. The molecule has 0 bridgehead atoms. The van der Waals surface area contributed by atoms with E-state index >= 15 is 0 Å². The van der Waals surface area contributed by atoms with Gasteiger partial charge in [0, 0.05) is 29.0 Å². The van der Waals surface area contributed by atoms with E-state index in [9.17, 15) is 18.4 Å². The van der Waals surface area contributed by atoms with Gasteiger partial charge in [-0.1, -0.05) is 18.2 Å². The lowest BCUT2D eigenvalue weighted by Gasteiger charge is -2.17. The molecule has 0 fully saturated rings. The van der Waals surface area contributed by atoms with Crippen LogP contribution in [0, 0.1) is 0 Å². The van der Waals surface area contributed by atoms with E-state index in [1.807, 2.05) is 24.3 Å². The first-order chi connectivity index (χ1) is 15.5. The molecule has 0 saturated heterocycles. The van der Waals surface area contributed by atoms with E-state index in [1.165, 1.54) is 25.3 Å². The molecule has 0 saturated carbocycles. The summed E-state index contributed by atoms with van der Waals surface area (Å²) >= 11 is 0. The van der Waals surface area contributed by atoms with Gasteiger partial charge in [0.15, 0.2) is 11.5 Å². The molecule has 1 heterocycles. The van der Waals surface area contributed by atoms with Gasteiger partial charge in [0.2, 0.25) is 0 Å². The summed E-state index contributed by atoms with van der Waals surface area (Å²) in [6.07, 6.45) is 0.815. The van der Waals surface area contributed by atoms with Crippen LogP contribution in [0.4, 0.5) is 20.2 Å². The summed E-state index contributed by atoms with van der Waals surface area (Å²) in [6, 6.07) is 18.3. The number of rotatable bonds is 6. The maximum absolute atomic E-state index is 12.9. The van der Waals surface area contributed by atoms with E-state index in [4.69, 9.17) is 4.74 Å². The Morgan fingerprint density at radius 3 is 2.41 bits per heavy atom. The van der Waals surface area contributed by atoms with Gasteiger partial charge in [0.05, 0.1) is 7.11 Å². The summed E-state index contributed by atoms with van der Waals surface area (Å²) in [6.45, 7) is -2.42. The Balaban J connectivity index is 1.46. The van der Waals surface area contributed by atoms with Crippen molar-refractivity contribution in [2.45, 2.75) is 13.0 Å². The Bertz CT molecular complexity index is 1150. The average Bonchev–Trinajstić information content (AvgIpc) is 3.23. The molecule has 4 rings (SSSR count). The van der Waals surface area contributed by atoms with E-state index in [1.54, 1.807) is 29.2 Å². The summed E-state index contributed by atoms with van der Waals surface area (Å²) in [7, 11) is 1.32. The zero-order chi connectivity index (χ0) is 22.7. The largest absolute Gasteiger partial charge is 0.493 e. The van der Waals surface area contributed by atoms with E-state index < -0.39 is 12.5 Å². The van der Waals surface area contributed by atoms with Gasteiger partial charge in [-0.05, 0) is 60.5 Å². The predicted molar refractivity (Wildman–Crippen MR) is 116 cm³/mol. The summed E-state index contributed by atoms with van der Waals surface area (Å²) in [4.78, 5) is 27.2. The maximum atomic E-state index is 12.9. The average molecular weight is 438 g/mol. The minimum atomic E-state index is -3.05. The number of amides is 2. The van der Waals surface area contributed by atoms with Crippen LogP contribution in [-0.2, 0) is 6.42 Å². The monoisotopic (exact) mass is 438 g/mol. The number of alkyl halides is 2. The molecule has 0 radical (unpaired) electrons. The van der Waals surface area contributed by atoms with Gasteiger partial charge < -0.3 is 19.7 Å². The summed E-state index contributed by atoms with van der Waals surface area (Å²) < 4.78 is 34.6. The fourth-order valence-electron chi connectivity index (χ4n) is 3.61. The molecule has 0 unspecified atom stereocenters. The molecule has 32 heavy (non-hydrogen) atoms. The highest BCUT2D eigenvalue weighted by molar-refractivity contribution is 6.08. The minimum Gasteiger partial charge on any atom is -0.493 e. The summed E-state index contributed by atoms with van der Waals surface area (Å²) in [5.41, 5.74) is 3.13. The molecule has 164 valence electrons. The van der Waals surface area contributed by atoms with Crippen molar-refractivity contribution in [3.8, 4) is 11.5 Å². The van der Waals surface area contributed by atoms with Gasteiger partial charge in [-0.2, -0.15) is 8.78 Å². The first kappa shape index (κ1) is 21.3. The van der Waals surface area contributed by atoms with Gasteiger partial charge in [-0.3, -0.25) is 9.59 Å². The molecular formula is C24H20F2N2O4. The SMILES string of the molecule is COc1ccc(C(=O)Nc2ccc(C(=O)N3CCc4ccccc43)cc2)cc1OC(F)F. The summed E-state index contributed by atoms with van der Waals surface area (Å²) in [5.74, 6) is -0.772. The maximum Gasteiger partial charge on any atom is 0.387 e. The normalized spacial score (nSPS) is 12.4. The van der Waals surface area contributed by atoms with Crippen LogP contribution in [0.15, 0.2) is 66.7 Å². The first-order valence-corrected chi connectivity index (χ1v) is 9.90. The third-order valence-electron chi connectivity index (χ3n) is 5.16. The van der Waals surface area contributed by atoms with Crippen molar-refractivity contribution < 1.29 is 27.8 Å². The van der Waals surface area contributed by atoms with Crippen molar-refractivity contribution in [2.24, 2.45) is 0 Å². The van der Waals surface area contributed by atoms with Crippen LogP contribution in [0.25, 0.3) is 0 Å². The molecule has 3 aromatic rings. The highest BCUT2D eigenvalue weighted by Gasteiger charge is 2.25. The molecule has 0 atom stereocenters. The Morgan fingerprint density at radius 2 is 1.69 bits per heavy atom. The number of nitrogens with one attached hydrogen (secondary N) is 1. The molecule has 1 aliphatic heterocycles. The standard InChI is InChI=1S/C24H20F2N2O4/c1-31-20-11-8-17(14-21(20)32-24(25)26)22(29)27-18-9-6-16(7-10-18)23(30)28-13-12-15-4-2-3-5-19(15)28/h2-11,14,24H,12-13H2,1H3,(H,27,29). The number of fused-ring (bicyclic) bond motifs is 1. The van der Waals surface area contributed by atoms with Crippen molar-refractivity contribution in [2.75, 3.05) is 23.9 Å². The van der Waals surface area contributed by atoms with Crippen LogP contribution in [0.1, 0.15) is 26.3 Å². The number of hydrogen-bond donors (Lipinski definition) is 1. The molecule has 1 aliphatic rings. The second-order valence-electron chi connectivity index (χ2n) is 7.11. The van der Waals surface area contributed by atoms with Crippen molar-refractivity contribution in [3.63, 3.8) is 0 Å². The second-order valence-corrected chi connectivity index (χ2v) is 7.11. The number of hydrogen-bond acceptors (Lipinski definition) is 4. The Hall–Kier alpha value is -3.94. The highest BCUT2D eigenvalue weighted by Crippen LogP contribution is 2.31. The molecule has 0 aromatic heterocycles. The second kappa shape index (κ2) is 9.05. The number of halogens is 2. The van der Waals surface area contributed by atoms with Crippen LogP contribution in [-0.4, -0.2) is 32.1 Å². The topological polar surface area (TPSA) is 67.9 Å². The number of anilines is 2. The van der Waals surface area contributed by atoms with Crippen LogP contribution >= 0.6 is 0 Å². The Kier molecular flexibility index (Phi) is 6.02. The smallest absolute Gasteiger partial charge is 0.387 e. The molecule has 2 amide bonds. The van der Waals surface area contributed by atoms with Gasteiger partial charge >= 0.3 is 6.61 Å². The molecule has 0 aliphatic carbocycles. The van der Waals surface area contributed by atoms with Gasteiger partial charge in [-0.15, -0.1) is 0 Å². The number of ether oxygens (including phenoxy) is 2. The number of nitrogens with zero attached hydrogens (tertiary/aromatic N) is 1. The third kappa shape index (κ3) is 4.39. The van der Waals surface area contributed by atoms with Crippen LogP contribution < -0.4 is 19.7 Å².